The molecule has 3 rings (SSSR count). The maximum atomic E-state index is 12.6. The molecule has 142 valence electrons. The summed E-state index contributed by atoms with van der Waals surface area (Å²) in [4.78, 5) is 11.8. The molecular formula is C21H21F3NO2+. The van der Waals surface area contributed by atoms with Crippen LogP contribution in [0.15, 0.2) is 57.7 Å². The molecule has 2 aromatic carbocycles. The Morgan fingerprint density at radius 2 is 1.70 bits per heavy atom. The fraction of sp³-hybridized carbons (Fsp3) is 0.286. The Morgan fingerprint density at radius 1 is 1.00 bits per heavy atom. The zero-order valence-electron chi connectivity index (χ0n) is 15.0. The van der Waals surface area contributed by atoms with Crippen LogP contribution in [0.4, 0.5) is 13.2 Å². The van der Waals surface area contributed by atoms with Crippen molar-refractivity contribution in [1.29, 1.82) is 0 Å². The predicted molar refractivity (Wildman–Crippen MR) is 97.5 cm³/mol. The van der Waals surface area contributed by atoms with Gasteiger partial charge in [-0.1, -0.05) is 31.2 Å². The van der Waals surface area contributed by atoms with Gasteiger partial charge in [0.05, 0.1) is 12.1 Å². The molecule has 6 heteroatoms. The Bertz CT molecular complexity index is 975. The third kappa shape index (κ3) is 4.77. The van der Waals surface area contributed by atoms with Crippen molar-refractivity contribution in [2.75, 3.05) is 6.54 Å². The minimum atomic E-state index is -4.31. The van der Waals surface area contributed by atoms with Gasteiger partial charge < -0.3 is 9.73 Å². The summed E-state index contributed by atoms with van der Waals surface area (Å²) in [6.45, 7) is 3.35. The highest BCUT2D eigenvalue weighted by molar-refractivity contribution is 5.80. The number of rotatable bonds is 6. The lowest BCUT2D eigenvalue weighted by atomic mass is 10.1. The molecular weight excluding hydrogens is 355 g/mol. The number of hydrogen-bond acceptors (Lipinski definition) is 2. The zero-order valence-corrected chi connectivity index (χ0v) is 15.0. The molecule has 1 aromatic heterocycles. The van der Waals surface area contributed by atoms with Crippen LogP contribution < -0.4 is 10.9 Å². The number of aryl methyl sites for hydroxylation is 1. The van der Waals surface area contributed by atoms with Gasteiger partial charge in [0, 0.05) is 23.4 Å². The van der Waals surface area contributed by atoms with Gasteiger partial charge in [-0.3, -0.25) is 0 Å². The molecule has 0 saturated carbocycles. The van der Waals surface area contributed by atoms with Gasteiger partial charge in [0.15, 0.2) is 0 Å². The molecule has 0 saturated heterocycles. The fourth-order valence-electron chi connectivity index (χ4n) is 3.05. The summed E-state index contributed by atoms with van der Waals surface area (Å²) in [5.41, 5.74) is 2.44. The molecule has 0 amide bonds. The first-order valence-electron chi connectivity index (χ1n) is 8.90. The van der Waals surface area contributed by atoms with Gasteiger partial charge in [0.1, 0.15) is 12.1 Å². The van der Waals surface area contributed by atoms with E-state index in [0.717, 1.165) is 40.6 Å². The van der Waals surface area contributed by atoms with Crippen molar-refractivity contribution in [3.63, 3.8) is 0 Å². The average Bonchev–Trinajstić information content (AvgIpc) is 2.64. The second-order valence-corrected chi connectivity index (χ2v) is 6.50. The maximum Gasteiger partial charge on any atom is 0.416 e. The third-order valence-electron chi connectivity index (χ3n) is 4.59. The van der Waals surface area contributed by atoms with Crippen molar-refractivity contribution in [2.45, 2.75) is 32.5 Å². The van der Waals surface area contributed by atoms with Crippen molar-refractivity contribution in [3.05, 3.63) is 81.2 Å². The first-order chi connectivity index (χ1) is 12.9. The summed E-state index contributed by atoms with van der Waals surface area (Å²) >= 11 is 0. The Balaban J connectivity index is 1.63. The van der Waals surface area contributed by atoms with Crippen molar-refractivity contribution < 1.29 is 22.9 Å². The van der Waals surface area contributed by atoms with Crippen LogP contribution in [0.2, 0.25) is 0 Å². The predicted octanol–water partition coefficient (Wildman–Crippen LogP) is 3.68. The van der Waals surface area contributed by atoms with Crippen LogP contribution in [-0.2, 0) is 25.6 Å². The maximum absolute atomic E-state index is 12.6. The van der Waals surface area contributed by atoms with Gasteiger partial charge in [-0.25, -0.2) is 4.79 Å². The lowest BCUT2D eigenvalue weighted by molar-refractivity contribution is -0.670. The molecule has 0 bridgehead atoms. The van der Waals surface area contributed by atoms with E-state index in [1.54, 1.807) is 0 Å². The lowest BCUT2D eigenvalue weighted by Gasteiger charge is -2.08. The molecule has 0 atom stereocenters. The topological polar surface area (TPSA) is 46.8 Å². The van der Waals surface area contributed by atoms with Crippen molar-refractivity contribution in [2.24, 2.45) is 0 Å². The van der Waals surface area contributed by atoms with Crippen LogP contribution >= 0.6 is 0 Å². The van der Waals surface area contributed by atoms with Crippen LogP contribution in [0, 0.1) is 0 Å². The highest BCUT2D eigenvalue weighted by Gasteiger charge is 2.29. The molecule has 0 fully saturated rings. The van der Waals surface area contributed by atoms with E-state index in [2.05, 4.69) is 0 Å². The molecule has 2 N–H and O–H groups in total. The van der Waals surface area contributed by atoms with E-state index < -0.39 is 11.7 Å². The molecule has 1 heterocycles. The highest BCUT2D eigenvalue weighted by atomic mass is 19.4. The molecule has 0 aliphatic heterocycles. The fourth-order valence-corrected chi connectivity index (χ4v) is 3.05. The van der Waals surface area contributed by atoms with E-state index >= 15 is 0 Å². The number of alkyl halides is 3. The van der Waals surface area contributed by atoms with Crippen LogP contribution in [0.25, 0.3) is 11.0 Å². The summed E-state index contributed by atoms with van der Waals surface area (Å²) in [5, 5.41) is 2.96. The molecule has 3 aromatic rings. The number of fused-ring (bicyclic) bond motifs is 1. The van der Waals surface area contributed by atoms with E-state index in [4.69, 9.17) is 4.42 Å². The molecule has 0 unspecified atom stereocenters. The summed E-state index contributed by atoms with van der Waals surface area (Å²) in [7, 11) is 0. The van der Waals surface area contributed by atoms with Gasteiger partial charge in [0.25, 0.3) is 0 Å². The first-order valence-corrected chi connectivity index (χ1v) is 8.90. The average molecular weight is 376 g/mol. The third-order valence-corrected chi connectivity index (χ3v) is 4.59. The molecule has 0 radical (unpaired) electrons. The van der Waals surface area contributed by atoms with Crippen LogP contribution in [0.1, 0.15) is 29.2 Å². The van der Waals surface area contributed by atoms with Crippen LogP contribution in [-0.4, -0.2) is 6.54 Å². The summed E-state index contributed by atoms with van der Waals surface area (Å²) in [5.74, 6) is 0. The van der Waals surface area contributed by atoms with Gasteiger partial charge >= 0.3 is 11.8 Å². The van der Waals surface area contributed by atoms with Crippen LogP contribution in [0.3, 0.4) is 0 Å². The Kier molecular flexibility index (Phi) is 5.65. The zero-order chi connectivity index (χ0) is 19.4. The van der Waals surface area contributed by atoms with E-state index in [-0.39, 0.29) is 5.63 Å². The number of benzene rings is 2. The second kappa shape index (κ2) is 7.96. The second-order valence-electron chi connectivity index (χ2n) is 6.50. The number of hydrogen-bond donors (Lipinski definition) is 1. The van der Waals surface area contributed by atoms with Gasteiger partial charge in [-0.2, -0.15) is 13.2 Å². The van der Waals surface area contributed by atoms with Gasteiger partial charge in [-0.15, -0.1) is 0 Å². The lowest BCUT2D eigenvalue weighted by Crippen LogP contribution is -2.83. The van der Waals surface area contributed by atoms with E-state index in [9.17, 15) is 18.0 Å². The number of quaternary nitrogens is 1. The van der Waals surface area contributed by atoms with Gasteiger partial charge in [-0.05, 0) is 35.7 Å². The van der Waals surface area contributed by atoms with E-state index in [1.165, 1.54) is 18.2 Å². The number of nitrogens with two attached hydrogens (primary N) is 1. The standard InChI is InChI=1S/C21H20F3NO2/c1-2-14-5-8-18-16(12-20(26)27-19(18)11-14)13-25-10-9-15-3-6-17(7-4-15)21(22,23)24/h3-8,11-12,25H,2,9-10,13H2,1H3/p+1. The molecule has 0 spiro atoms. The Hall–Kier alpha value is -2.60. The molecule has 3 nitrogen and oxygen atoms in total. The Labute approximate surface area is 154 Å². The summed E-state index contributed by atoms with van der Waals surface area (Å²) < 4.78 is 43.0. The largest absolute Gasteiger partial charge is 0.423 e. The summed E-state index contributed by atoms with van der Waals surface area (Å²) in [6.07, 6.45) is -2.79. The monoisotopic (exact) mass is 376 g/mol. The normalized spacial score (nSPS) is 11.9. The molecule has 0 aliphatic carbocycles. The first kappa shape index (κ1) is 19.2. The van der Waals surface area contributed by atoms with Crippen LogP contribution in [0.5, 0.6) is 0 Å². The minimum Gasteiger partial charge on any atom is -0.423 e. The SMILES string of the molecule is CCc1ccc2c(C[NH2+]CCc3ccc(C(F)(F)F)cc3)cc(=O)oc2c1. The highest BCUT2D eigenvalue weighted by Crippen LogP contribution is 2.29. The van der Waals surface area contributed by atoms with Crippen molar-refractivity contribution >= 4 is 11.0 Å². The smallest absolute Gasteiger partial charge is 0.416 e. The molecule has 27 heavy (non-hydrogen) atoms. The summed E-state index contributed by atoms with van der Waals surface area (Å²) in [6, 6.07) is 12.6. The Morgan fingerprint density at radius 3 is 2.37 bits per heavy atom. The quantitative estimate of drug-likeness (QED) is 0.527. The van der Waals surface area contributed by atoms with Crippen molar-refractivity contribution in [3.8, 4) is 0 Å². The minimum absolute atomic E-state index is 0.373. The van der Waals surface area contributed by atoms with E-state index in [1.807, 2.05) is 30.4 Å². The van der Waals surface area contributed by atoms with Gasteiger partial charge in [0.2, 0.25) is 0 Å². The molecule has 0 aliphatic rings. The number of halogens is 3. The van der Waals surface area contributed by atoms with Crippen molar-refractivity contribution in [1.82, 2.24) is 0 Å². The van der Waals surface area contributed by atoms with E-state index in [0.29, 0.717) is 25.1 Å².